The molecule has 0 unspecified atom stereocenters. The second-order valence-electron chi connectivity index (χ2n) is 2.86. The lowest BCUT2D eigenvalue weighted by atomic mass is 10.5. The van der Waals surface area contributed by atoms with Crippen LogP contribution in [-0.4, -0.2) is 22.6 Å². The molecule has 0 atom stereocenters. The molecule has 2 aromatic rings. The minimum Gasteiger partial charge on any atom is -0.453 e. The van der Waals surface area contributed by atoms with Gasteiger partial charge in [0, 0.05) is 9.77 Å². The van der Waals surface area contributed by atoms with Gasteiger partial charge in [0.2, 0.25) is 0 Å². The molecule has 0 aliphatic carbocycles. The fraction of sp³-hybridized carbons (Fsp3) is 0.111. The molecule has 0 aliphatic heterocycles. The smallest absolute Gasteiger partial charge is 0.412 e. The number of anilines is 1. The zero-order valence-corrected chi connectivity index (χ0v) is 10.1. The summed E-state index contributed by atoms with van der Waals surface area (Å²) in [6, 6.07) is 3.83. The molecule has 0 bridgehead atoms. The Hall–Kier alpha value is -1.31. The van der Waals surface area contributed by atoms with Crippen LogP contribution >= 0.6 is 22.6 Å². The molecule has 15 heavy (non-hydrogen) atoms. The Bertz CT molecular complexity index is 509. The first kappa shape index (κ1) is 10.2. The SMILES string of the molecule is COC(=O)Nc1cn2cc(I)ccc2n1. The maximum absolute atomic E-state index is 10.9. The normalized spacial score (nSPS) is 10.3. The maximum Gasteiger partial charge on any atom is 0.412 e. The Morgan fingerprint density at radius 3 is 3.07 bits per heavy atom. The van der Waals surface area contributed by atoms with Gasteiger partial charge < -0.3 is 9.14 Å². The molecule has 6 heteroatoms. The second-order valence-corrected chi connectivity index (χ2v) is 4.10. The highest BCUT2D eigenvalue weighted by Crippen LogP contribution is 2.12. The van der Waals surface area contributed by atoms with E-state index < -0.39 is 6.09 Å². The van der Waals surface area contributed by atoms with Gasteiger partial charge in [-0.3, -0.25) is 5.32 Å². The summed E-state index contributed by atoms with van der Waals surface area (Å²) in [5.74, 6) is 0.476. The Labute approximate surface area is 99.6 Å². The number of aromatic nitrogens is 2. The van der Waals surface area contributed by atoms with Gasteiger partial charge in [0.05, 0.1) is 13.3 Å². The van der Waals surface area contributed by atoms with Crippen LogP contribution in [0, 0.1) is 3.57 Å². The largest absolute Gasteiger partial charge is 0.453 e. The van der Waals surface area contributed by atoms with E-state index >= 15 is 0 Å². The lowest BCUT2D eigenvalue weighted by Crippen LogP contribution is -2.10. The van der Waals surface area contributed by atoms with Gasteiger partial charge in [-0.1, -0.05) is 0 Å². The Morgan fingerprint density at radius 2 is 2.33 bits per heavy atom. The lowest BCUT2D eigenvalue weighted by molar-refractivity contribution is 0.187. The maximum atomic E-state index is 10.9. The van der Waals surface area contributed by atoms with Crippen LogP contribution in [0.15, 0.2) is 24.5 Å². The third-order valence-electron chi connectivity index (χ3n) is 1.83. The van der Waals surface area contributed by atoms with E-state index in [-0.39, 0.29) is 0 Å². The average molecular weight is 317 g/mol. The average Bonchev–Trinajstić information content (AvgIpc) is 2.59. The minimum atomic E-state index is -0.520. The first-order chi connectivity index (χ1) is 7.19. The molecule has 78 valence electrons. The number of imidazole rings is 1. The van der Waals surface area contributed by atoms with Gasteiger partial charge in [0.25, 0.3) is 0 Å². The van der Waals surface area contributed by atoms with E-state index in [1.54, 1.807) is 6.20 Å². The molecule has 1 N–H and O–H groups in total. The number of nitrogens with zero attached hydrogens (tertiary/aromatic N) is 2. The van der Waals surface area contributed by atoms with Crippen molar-refractivity contribution in [1.29, 1.82) is 0 Å². The van der Waals surface area contributed by atoms with Crippen LogP contribution in [0.25, 0.3) is 5.65 Å². The number of fused-ring (bicyclic) bond motifs is 1. The molecular formula is C9H8IN3O2. The van der Waals surface area contributed by atoms with E-state index in [0.717, 1.165) is 9.22 Å². The first-order valence-corrected chi connectivity index (χ1v) is 5.26. The quantitative estimate of drug-likeness (QED) is 0.820. The summed E-state index contributed by atoms with van der Waals surface area (Å²) in [4.78, 5) is 15.1. The predicted molar refractivity (Wildman–Crippen MR) is 63.9 cm³/mol. The van der Waals surface area contributed by atoms with Crippen LogP contribution in [0.1, 0.15) is 0 Å². The van der Waals surface area contributed by atoms with Gasteiger partial charge in [0.1, 0.15) is 5.65 Å². The molecule has 0 aliphatic rings. The van der Waals surface area contributed by atoms with E-state index in [2.05, 4.69) is 37.6 Å². The number of pyridine rings is 1. The molecular weight excluding hydrogens is 309 g/mol. The summed E-state index contributed by atoms with van der Waals surface area (Å²) in [6.07, 6.45) is 3.13. The van der Waals surface area contributed by atoms with Crippen molar-refractivity contribution < 1.29 is 9.53 Å². The van der Waals surface area contributed by atoms with Crippen molar-refractivity contribution in [3.8, 4) is 0 Å². The van der Waals surface area contributed by atoms with Crippen molar-refractivity contribution in [3.63, 3.8) is 0 Å². The van der Waals surface area contributed by atoms with Crippen LogP contribution in [0.5, 0.6) is 0 Å². The van der Waals surface area contributed by atoms with Crippen molar-refractivity contribution in [1.82, 2.24) is 9.38 Å². The molecule has 0 saturated heterocycles. The standard InChI is InChI=1S/C9H8IN3O2/c1-15-9(14)12-7-5-13-4-6(10)2-3-8(13)11-7/h2-5H,1H3,(H,12,14). The van der Waals surface area contributed by atoms with Crippen LogP contribution in [0.4, 0.5) is 10.6 Å². The number of methoxy groups -OCH3 is 1. The molecule has 2 aromatic heterocycles. The van der Waals surface area contributed by atoms with E-state index in [0.29, 0.717) is 5.82 Å². The second kappa shape index (κ2) is 4.05. The van der Waals surface area contributed by atoms with E-state index in [4.69, 9.17) is 0 Å². The lowest BCUT2D eigenvalue weighted by Gasteiger charge is -1.96. The van der Waals surface area contributed by atoms with Crippen LogP contribution in [-0.2, 0) is 4.74 Å². The third-order valence-corrected chi connectivity index (χ3v) is 2.47. The molecule has 2 heterocycles. The number of amides is 1. The fourth-order valence-corrected chi connectivity index (χ4v) is 1.66. The van der Waals surface area contributed by atoms with Gasteiger partial charge in [-0.25, -0.2) is 9.78 Å². The Morgan fingerprint density at radius 1 is 1.53 bits per heavy atom. The zero-order valence-electron chi connectivity index (χ0n) is 7.90. The molecule has 0 radical (unpaired) electrons. The molecule has 0 saturated carbocycles. The number of nitrogens with one attached hydrogen (secondary N) is 1. The summed E-state index contributed by atoms with van der Waals surface area (Å²) in [6.45, 7) is 0. The number of halogens is 1. The number of hydrogen-bond acceptors (Lipinski definition) is 3. The molecule has 0 fully saturated rings. The molecule has 5 nitrogen and oxygen atoms in total. The highest BCUT2D eigenvalue weighted by Gasteiger charge is 2.05. The third kappa shape index (κ3) is 2.20. The van der Waals surface area contributed by atoms with Gasteiger partial charge in [-0.2, -0.15) is 0 Å². The van der Waals surface area contributed by atoms with Crippen LogP contribution in [0.3, 0.4) is 0 Å². The van der Waals surface area contributed by atoms with E-state index in [1.165, 1.54) is 7.11 Å². The predicted octanol–water partition coefficient (Wildman–Crippen LogP) is 2.12. The van der Waals surface area contributed by atoms with Crippen molar-refractivity contribution in [2.75, 3.05) is 12.4 Å². The minimum absolute atomic E-state index is 0.476. The summed E-state index contributed by atoms with van der Waals surface area (Å²) >= 11 is 2.21. The topological polar surface area (TPSA) is 55.6 Å². The van der Waals surface area contributed by atoms with Crippen LogP contribution in [0.2, 0.25) is 0 Å². The summed E-state index contributed by atoms with van der Waals surface area (Å²) in [5.41, 5.74) is 0.779. The van der Waals surface area contributed by atoms with Gasteiger partial charge in [-0.15, -0.1) is 0 Å². The van der Waals surface area contributed by atoms with Gasteiger partial charge in [0.15, 0.2) is 5.82 Å². The Balaban J connectivity index is 2.34. The Kier molecular flexibility index (Phi) is 2.76. The monoisotopic (exact) mass is 317 g/mol. The van der Waals surface area contributed by atoms with Crippen LogP contribution < -0.4 is 5.32 Å². The number of hydrogen-bond donors (Lipinski definition) is 1. The highest BCUT2D eigenvalue weighted by atomic mass is 127. The summed E-state index contributed by atoms with van der Waals surface area (Å²) in [7, 11) is 1.31. The zero-order chi connectivity index (χ0) is 10.8. The number of carbonyl (C=O) groups excluding carboxylic acids is 1. The number of ether oxygens (including phenoxy) is 1. The van der Waals surface area contributed by atoms with Gasteiger partial charge >= 0.3 is 6.09 Å². The first-order valence-electron chi connectivity index (χ1n) is 4.18. The van der Waals surface area contributed by atoms with E-state index in [9.17, 15) is 4.79 Å². The highest BCUT2D eigenvalue weighted by molar-refractivity contribution is 14.1. The van der Waals surface area contributed by atoms with Gasteiger partial charge in [-0.05, 0) is 34.7 Å². The molecule has 2 rings (SSSR count). The summed E-state index contributed by atoms with van der Waals surface area (Å²) in [5, 5.41) is 2.50. The molecule has 1 amide bonds. The van der Waals surface area contributed by atoms with Crippen molar-refractivity contribution >= 4 is 40.1 Å². The summed E-state index contributed by atoms with van der Waals surface area (Å²) < 4.78 is 7.41. The number of carbonyl (C=O) groups is 1. The fourth-order valence-electron chi connectivity index (χ4n) is 1.18. The number of rotatable bonds is 1. The molecule has 0 spiro atoms. The van der Waals surface area contributed by atoms with Crippen molar-refractivity contribution in [3.05, 3.63) is 28.1 Å². The van der Waals surface area contributed by atoms with E-state index in [1.807, 2.05) is 22.7 Å². The van der Waals surface area contributed by atoms with Crippen molar-refractivity contribution in [2.24, 2.45) is 0 Å². The van der Waals surface area contributed by atoms with Crippen molar-refractivity contribution in [2.45, 2.75) is 0 Å². The molecule has 0 aromatic carbocycles.